The average Bonchev–Trinajstić information content (AvgIpc) is 2.66. The lowest BCUT2D eigenvalue weighted by Crippen LogP contribution is -2.38. The number of pyridine rings is 1. The fourth-order valence-corrected chi connectivity index (χ4v) is 3.05. The number of esters is 1. The molecule has 0 bridgehead atoms. The van der Waals surface area contributed by atoms with Gasteiger partial charge in [-0.25, -0.2) is 9.78 Å². The number of aryl methyl sites for hydroxylation is 1. The minimum atomic E-state index is -0.754. The monoisotopic (exact) mass is 409 g/mol. The molecule has 1 aliphatic rings. The molecule has 1 amide bonds. The van der Waals surface area contributed by atoms with E-state index < -0.39 is 23.4 Å². The third kappa shape index (κ3) is 4.17. The molecule has 0 atom stereocenters. The average molecular weight is 410 g/mol. The Labute approximate surface area is 163 Å². The van der Waals surface area contributed by atoms with Crippen molar-refractivity contribution >= 4 is 46.5 Å². The maximum atomic E-state index is 12.5. The van der Waals surface area contributed by atoms with E-state index in [0.29, 0.717) is 30.6 Å². The Hall–Kier alpha value is -2.71. The first-order valence-electron chi connectivity index (χ1n) is 7.92. The van der Waals surface area contributed by atoms with Crippen LogP contribution in [-0.4, -0.2) is 34.9 Å². The van der Waals surface area contributed by atoms with Gasteiger partial charge in [0.2, 0.25) is 0 Å². The van der Waals surface area contributed by atoms with Gasteiger partial charge in [0, 0.05) is 30.6 Å². The molecule has 10 heteroatoms. The molecule has 0 spiro atoms. The number of rotatable bonds is 4. The summed E-state index contributed by atoms with van der Waals surface area (Å²) in [5, 5.41) is 11.1. The minimum absolute atomic E-state index is 0.0263. The largest absolute Gasteiger partial charge is 0.452 e. The summed E-state index contributed by atoms with van der Waals surface area (Å²) in [6.07, 6.45) is 2.50. The van der Waals surface area contributed by atoms with Gasteiger partial charge >= 0.3 is 5.97 Å². The third-order valence-corrected chi connectivity index (χ3v) is 4.74. The van der Waals surface area contributed by atoms with E-state index in [1.165, 1.54) is 35.4 Å². The summed E-state index contributed by atoms with van der Waals surface area (Å²) >= 11 is 11.5. The molecule has 1 aromatic carbocycles. The molecule has 2 heterocycles. The van der Waals surface area contributed by atoms with Crippen molar-refractivity contribution in [3.63, 3.8) is 0 Å². The van der Waals surface area contributed by atoms with Crippen molar-refractivity contribution in [3.8, 4) is 0 Å². The van der Waals surface area contributed by atoms with E-state index in [1.54, 1.807) is 0 Å². The summed E-state index contributed by atoms with van der Waals surface area (Å²) in [5.74, 6) is -1.18. The molecule has 0 aliphatic carbocycles. The van der Waals surface area contributed by atoms with Crippen molar-refractivity contribution < 1.29 is 19.2 Å². The van der Waals surface area contributed by atoms with Crippen LogP contribution in [0.15, 0.2) is 30.5 Å². The number of fused-ring (bicyclic) bond motifs is 1. The van der Waals surface area contributed by atoms with E-state index in [2.05, 4.69) is 4.98 Å². The van der Waals surface area contributed by atoms with Crippen LogP contribution in [0.5, 0.6) is 0 Å². The van der Waals surface area contributed by atoms with Crippen molar-refractivity contribution in [3.05, 3.63) is 61.9 Å². The molecule has 0 fully saturated rings. The second-order valence-corrected chi connectivity index (χ2v) is 6.56. The lowest BCUT2D eigenvalue weighted by Gasteiger charge is -2.29. The Morgan fingerprint density at radius 1 is 1.30 bits per heavy atom. The first-order chi connectivity index (χ1) is 12.9. The standard InChI is InChI=1S/C17H13Cl2N3O5/c18-13-7-11(8-20-16(13)19)17(24)27-9-15(23)21-5-1-2-10-6-12(22(25)26)3-4-14(10)21/h3-4,6-8H,1-2,5,9H2. The SMILES string of the molecule is O=C(OCC(=O)N1CCCc2cc([N+](=O)[O-])ccc21)c1cnc(Cl)c(Cl)c1. The van der Waals surface area contributed by atoms with Gasteiger partial charge in [-0.2, -0.15) is 0 Å². The first-order valence-corrected chi connectivity index (χ1v) is 8.68. The maximum Gasteiger partial charge on any atom is 0.340 e. The predicted molar refractivity (Wildman–Crippen MR) is 98.3 cm³/mol. The van der Waals surface area contributed by atoms with Gasteiger partial charge in [-0.3, -0.25) is 14.9 Å². The zero-order valence-electron chi connectivity index (χ0n) is 13.9. The quantitative estimate of drug-likeness (QED) is 0.331. The van der Waals surface area contributed by atoms with Crippen molar-refractivity contribution in [2.45, 2.75) is 12.8 Å². The van der Waals surface area contributed by atoms with Gasteiger partial charge in [-0.15, -0.1) is 0 Å². The highest BCUT2D eigenvalue weighted by atomic mass is 35.5. The first kappa shape index (κ1) is 19.1. The van der Waals surface area contributed by atoms with Gasteiger partial charge in [-0.1, -0.05) is 23.2 Å². The molecule has 0 radical (unpaired) electrons. The highest BCUT2D eigenvalue weighted by molar-refractivity contribution is 6.41. The van der Waals surface area contributed by atoms with E-state index in [0.717, 1.165) is 0 Å². The lowest BCUT2D eigenvalue weighted by atomic mass is 10.0. The Morgan fingerprint density at radius 3 is 2.78 bits per heavy atom. The van der Waals surface area contributed by atoms with Gasteiger partial charge in [-0.05, 0) is 30.5 Å². The Morgan fingerprint density at radius 2 is 2.07 bits per heavy atom. The Balaban J connectivity index is 1.69. The van der Waals surface area contributed by atoms with E-state index in [1.807, 2.05) is 0 Å². The molecule has 1 aromatic heterocycles. The number of hydrogen-bond donors (Lipinski definition) is 0. The van der Waals surface area contributed by atoms with E-state index in [-0.39, 0.29) is 21.4 Å². The summed E-state index contributed by atoms with van der Waals surface area (Å²) in [4.78, 5) is 40.2. The number of amides is 1. The number of halogens is 2. The van der Waals surface area contributed by atoms with Crippen molar-refractivity contribution in [1.29, 1.82) is 0 Å². The van der Waals surface area contributed by atoms with Crippen LogP contribution in [0.2, 0.25) is 10.2 Å². The zero-order chi connectivity index (χ0) is 19.6. The zero-order valence-corrected chi connectivity index (χ0v) is 15.4. The van der Waals surface area contributed by atoms with Crippen LogP contribution < -0.4 is 4.90 Å². The van der Waals surface area contributed by atoms with Crippen molar-refractivity contribution in [1.82, 2.24) is 4.98 Å². The molecule has 140 valence electrons. The maximum absolute atomic E-state index is 12.5. The number of nitrogens with zero attached hydrogens (tertiary/aromatic N) is 3. The second-order valence-electron chi connectivity index (χ2n) is 5.79. The number of carbonyl (C=O) groups excluding carboxylic acids is 2. The Bertz CT molecular complexity index is 935. The van der Waals surface area contributed by atoms with Crippen LogP contribution in [0.25, 0.3) is 0 Å². The molecule has 2 aromatic rings. The molecular formula is C17H13Cl2N3O5. The van der Waals surface area contributed by atoms with Gasteiger partial charge in [0.05, 0.1) is 15.5 Å². The lowest BCUT2D eigenvalue weighted by molar-refractivity contribution is -0.384. The summed E-state index contributed by atoms with van der Waals surface area (Å²) in [7, 11) is 0. The van der Waals surface area contributed by atoms with Crippen molar-refractivity contribution in [2.75, 3.05) is 18.1 Å². The minimum Gasteiger partial charge on any atom is -0.452 e. The van der Waals surface area contributed by atoms with Crippen LogP contribution in [0.1, 0.15) is 22.3 Å². The molecule has 0 saturated carbocycles. The molecular weight excluding hydrogens is 397 g/mol. The van der Waals surface area contributed by atoms with Crippen LogP contribution in [-0.2, 0) is 16.0 Å². The molecule has 0 N–H and O–H groups in total. The fraction of sp³-hybridized carbons (Fsp3) is 0.235. The number of nitro benzene ring substituents is 1. The second kappa shape index (κ2) is 7.89. The number of ether oxygens (including phenoxy) is 1. The van der Waals surface area contributed by atoms with Gasteiger partial charge < -0.3 is 9.64 Å². The molecule has 3 rings (SSSR count). The highest BCUT2D eigenvalue weighted by Crippen LogP contribution is 2.30. The predicted octanol–water partition coefficient (Wildman–Crippen LogP) is 3.43. The van der Waals surface area contributed by atoms with Crippen LogP contribution in [0.4, 0.5) is 11.4 Å². The highest BCUT2D eigenvalue weighted by Gasteiger charge is 2.25. The van der Waals surface area contributed by atoms with Gasteiger partial charge in [0.15, 0.2) is 6.61 Å². The summed E-state index contributed by atoms with van der Waals surface area (Å²) in [6, 6.07) is 5.65. The van der Waals surface area contributed by atoms with Crippen LogP contribution in [0.3, 0.4) is 0 Å². The van der Waals surface area contributed by atoms with Crippen LogP contribution in [0, 0.1) is 10.1 Å². The number of anilines is 1. The van der Waals surface area contributed by atoms with Gasteiger partial charge in [0.25, 0.3) is 11.6 Å². The third-order valence-electron chi connectivity index (χ3n) is 4.05. The number of aromatic nitrogens is 1. The molecule has 0 saturated heterocycles. The number of benzene rings is 1. The van der Waals surface area contributed by atoms with E-state index >= 15 is 0 Å². The molecule has 1 aliphatic heterocycles. The topological polar surface area (TPSA) is 103 Å². The van der Waals surface area contributed by atoms with E-state index in [9.17, 15) is 19.7 Å². The normalized spacial score (nSPS) is 13.0. The van der Waals surface area contributed by atoms with Crippen molar-refractivity contribution in [2.24, 2.45) is 0 Å². The molecule has 27 heavy (non-hydrogen) atoms. The number of hydrogen-bond acceptors (Lipinski definition) is 6. The number of non-ortho nitro benzene ring substituents is 1. The van der Waals surface area contributed by atoms with E-state index in [4.69, 9.17) is 27.9 Å². The number of nitro groups is 1. The summed E-state index contributed by atoms with van der Waals surface area (Å²) in [6.45, 7) is -0.0367. The molecule has 8 nitrogen and oxygen atoms in total. The van der Waals surface area contributed by atoms with Gasteiger partial charge in [0.1, 0.15) is 5.15 Å². The summed E-state index contributed by atoms with van der Waals surface area (Å²) < 4.78 is 5.03. The number of carbonyl (C=O) groups is 2. The van der Waals surface area contributed by atoms with Crippen LogP contribution >= 0.6 is 23.2 Å². The molecule has 0 unspecified atom stereocenters. The smallest absolute Gasteiger partial charge is 0.340 e. The summed E-state index contributed by atoms with van der Waals surface area (Å²) in [5.41, 5.74) is 1.35. The Kier molecular flexibility index (Phi) is 5.57. The fourth-order valence-electron chi connectivity index (χ4n) is 2.78.